The Kier molecular flexibility index (Phi) is 6.59. The molecular formula is C9H15NO3. The second-order valence-electron chi connectivity index (χ2n) is 2.56. The number of nitrogens with one attached hydrogen (secondary N) is 1. The van der Waals surface area contributed by atoms with Gasteiger partial charge in [0.1, 0.15) is 0 Å². The molecule has 13 heavy (non-hydrogen) atoms. The van der Waals surface area contributed by atoms with Crippen LogP contribution in [0.5, 0.6) is 0 Å². The number of hydrogen-bond donors (Lipinski definition) is 1. The van der Waals surface area contributed by atoms with Crippen molar-refractivity contribution in [2.75, 3.05) is 13.2 Å². The summed E-state index contributed by atoms with van der Waals surface area (Å²) in [5, 5.41) is 2.65. The van der Waals surface area contributed by atoms with E-state index in [0.717, 1.165) is 18.9 Å². The summed E-state index contributed by atoms with van der Waals surface area (Å²) in [6.07, 6.45) is 2.69. The topological polar surface area (TPSA) is 55.4 Å². The standard InChI is InChI=1S/C9H15NO3/c1-3-9(12)13-7-5-4-6-10-8(2)11/h3H,1,4-7H2,2H3,(H,10,11). The molecule has 0 heterocycles. The average Bonchev–Trinajstić information content (AvgIpc) is 2.10. The zero-order valence-electron chi connectivity index (χ0n) is 7.84. The number of carbonyl (C=O) groups is 2. The highest BCUT2D eigenvalue weighted by Crippen LogP contribution is 1.89. The first-order valence-corrected chi connectivity index (χ1v) is 4.20. The summed E-state index contributed by atoms with van der Waals surface area (Å²) < 4.78 is 4.73. The molecule has 1 amide bonds. The molecule has 0 aliphatic carbocycles. The summed E-state index contributed by atoms with van der Waals surface area (Å²) in [7, 11) is 0. The van der Waals surface area contributed by atoms with Crippen molar-refractivity contribution in [2.24, 2.45) is 0 Å². The highest BCUT2D eigenvalue weighted by atomic mass is 16.5. The third kappa shape index (κ3) is 8.59. The molecule has 0 unspecified atom stereocenters. The van der Waals surface area contributed by atoms with E-state index >= 15 is 0 Å². The van der Waals surface area contributed by atoms with Gasteiger partial charge in [-0.15, -0.1) is 0 Å². The van der Waals surface area contributed by atoms with Gasteiger partial charge in [-0.25, -0.2) is 4.79 Å². The molecule has 0 saturated carbocycles. The zero-order valence-corrected chi connectivity index (χ0v) is 7.84. The lowest BCUT2D eigenvalue weighted by Gasteiger charge is -2.02. The number of esters is 1. The van der Waals surface area contributed by atoms with Gasteiger partial charge in [0.2, 0.25) is 5.91 Å². The molecule has 0 aliphatic heterocycles. The summed E-state index contributed by atoms with van der Waals surface area (Å²) in [6, 6.07) is 0. The fraction of sp³-hybridized carbons (Fsp3) is 0.556. The quantitative estimate of drug-likeness (QED) is 0.375. The molecule has 0 rings (SSSR count). The predicted molar refractivity (Wildman–Crippen MR) is 49.1 cm³/mol. The first-order valence-electron chi connectivity index (χ1n) is 4.20. The van der Waals surface area contributed by atoms with E-state index in [9.17, 15) is 9.59 Å². The second kappa shape index (κ2) is 7.34. The molecule has 0 aromatic rings. The molecule has 4 nitrogen and oxygen atoms in total. The normalized spacial score (nSPS) is 9.00. The monoisotopic (exact) mass is 185 g/mol. The van der Waals surface area contributed by atoms with Gasteiger partial charge in [-0.2, -0.15) is 0 Å². The second-order valence-corrected chi connectivity index (χ2v) is 2.56. The van der Waals surface area contributed by atoms with Gasteiger partial charge in [0.15, 0.2) is 0 Å². The molecule has 0 bridgehead atoms. The Morgan fingerprint density at radius 2 is 2.15 bits per heavy atom. The summed E-state index contributed by atoms with van der Waals surface area (Å²) in [5.41, 5.74) is 0. The molecule has 0 fully saturated rings. The first-order chi connectivity index (χ1) is 6.16. The minimum Gasteiger partial charge on any atom is -0.463 e. The van der Waals surface area contributed by atoms with Crippen LogP contribution in [0, 0.1) is 0 Å². The van der Waals surface area contributed by atoms with E-state index in [1.54, 1.807) is 0 Å². The lowest BCUT2D eigenvalue weighted by atomic mass is 10.3. The van der Waals surface area contributed by atoms with Crippen molar-refractivity contribution < 1.29 is 14.3 Å². The SMILES string of the molecule is C=CC(=O)OCCCCNC(C)=O. The largest absolute Gasteiger partial charge is 0.463 e. The molecule has 0 atom stereocenters. The first kappa shape index (κ1) is 11.7. The van der Waals surface area contributed by atoms with Crippen LogP contribution in [0.2, 0.25) is 0 Å². The molecule has 0 saturated heterocycles. The van der Waals surface area contributed by atoms with Crippen LogP contribution >= 0.6 is 0 Å². The summed E-state index contributed by atoms with van der Waals surface area (Å²) in [6.45, 7) is 5.74. The number of amides is 1. The highest BCUT2D eigenvalue weighted by molar-refractivity contribution is 5.81. The van der Waals surface area contributed by atoms with Crippen LogP contribution in [-0.4, -0.2) is 25.0 Å². The molecule has 74 valence electrons. The molecule has 0 spiro atoms. The number of rotatable bonds is 6. The Balaban J connectivity index is 3.12. The molecule has 0 radical (unpaired) electrons. The van der Waals surface area contributed by atoms with E-state index in [-0.39, 0.29) is 5.91 Å². The fourth-order valence-electron chi connectivity index (χ4n) is 0.723. The van der Waals surface area contributed by atoms with E-state index in [2.05, 4.69) is 11.9 Å². The van der Waals surface area contributed by atoms with Gasteiger partial charge in [0.05, 0.1) is 6.61 Å². The summed E-state index contributed by atoms with van der Waals surface area (Å²) in [4.78, 5) is 21.0. The predicted octanol–water partition coefficient (Wildman–Crippen LogP) is 0.632. The summed E-state index contributed by atoms with van der Waals surface area (Å²) in [5.74, 6) is -0.442. The molecule has 4 heteroatoms. The maximum atomic E-state index is 10.5. The number of carbonyl (C=O) groups excluding carboxylic acids is 2. The fourth-order valence-corrected chi connectivity index (χ4v) is 0.723. The van der Waals surface area contributed by atoms with Gasteiger partial charge in [-0.1, -0.05) is 6.58 Å². The Labute approximate surface area is 78.0 Å². The number of ether oxygens (including phenoxy) is 1. The number of unbranched alkanes of at least 4 members (excludes halogenated alkanes) is 1. The lowest BCUT2D eigenvalue weighted by Crippen LogP contribution is -2.21. The van der Waals surface area contributed by atoms with E-state index in [0.29, 0.717) is 13.2 Å². The molecule has 0 aromatic heterocycles. The average molecular weight is 185 g/mol. The van der Waals surface area contributed by atoms with Gasteiger partial charge in [-0.05, 0) is 12.8 Å². The smallest absolute Gasteiger partial charge is 0.330 e. The van der Waals surface area contributed by atoms with Crippen LogP contribution in [-0.2, 0) is 14.3 Å². The van der Waals surface area contributed by atoms with Crippen molar-refractivity contribution in [3.05, 3.63) is 12.7 Å². The lowest BCUT2D eigenvalue weighted by molar-refractivity contribution is -0.137. The van der Waals surface area contributed by atoms with Crippen molar-refractivity contribution in [1.29, 1.82) is 0 Å². The van der Waals surface area contributed by atoms with E-state index in [1.807, 2.05) is 0 Å². The van der Waals surface area contributed by atoms with Crippen LogP contribution in [0.1, 0.15) is 19.8 Å². The van der Waals surface area contributed by atoms with Gasteiger partial charge in [0, 0.05) is 19.5 Å². The van der Waals surface area contributed by atoms with Crippen molar-refractivity contribution in [3.8, 4) is 0 Å². The third-order valence-electron chi connectivity index (χ3n) is 1.36. The maximum absolute atomic E-state index is 10.5. The summed E-state index contributed by atoms with van der Waals surface area (Å²) >= 11 is 0. The van der Waals surface area contributed by atoms with Crippen LogP contribution in [0.25, 0.3) is 0 Å². The maximum Gasteiger partial charge on any atom is 0.330 e. The Hall–Kier alpha value is -1.32. The van der Waals surface area contributed by atoms with Gasteiger partial charge in [0.25, 0.3) is 0 Å². The van der Waals surface area contributed by atoms with Crippen molar-refractivity contribution >= 4 is 11.9 Å². The molecule has 0 aromatic carbocycles. The Bertz CT molecular complexity index is 189. The van der Waals surface area contributed by atoms with Crippen LogP contribution in [0.4, 0.5) is 0 Å². The minimum atomic E-state index is -0.403. The van der Waals surface area contributed by atoms with Crippen LogP contribution in [0.15, 0.2) is 12.7 Å². The molecule has 1 N–H and O–H groups in total. The van der Waals surface area contributed by atoms with Gasteiger partial charge >= 0.3 is 5.97 Å². The zero-order chi connectivity index (χ0) is 10.1. The van der Waals surface area contributed by atoms with E-state index < -0.39 is 5.97 Å². The van der Waals surface area contributed by atoms with Crippen molar-refractivity contribution in [1.82, 2.24) is 5.32 Å². The molecule has 0 aliphatic rings. The van der Waals surface area contributed by atoms with Crippen molar-refractivity contribution in [3.63, 3.8) is 0 Å². The van der Waals surface area contributed by atoms with E-state index in [4.69, 9.17) is 4.74 Å². The third-order valence-corrected chi connectivity index (χ3v) is 1.36. The van der Waals surface area contributed by atoms with Gasteiger partial charge < -0.3 is 10.1 Å². The van der Waals surface area contributed by atoms with Crippen LogP contribution < -0.4 is 5.32 Å². The Morgan fingerprint density at radius 1 is 1.46 bits per heavy atom. The van der Waals surface area contributed by atoms with E-state index in [1.165, 1.54) is 6.92 Å². The minimum absolute atomic E-state index is 0.0388. The number of hydrogen-bond acceptors (Lipinski definition) is 3. The van der Waals surface area contributed by atoms with Crippen LogP contribution in [0.3, 0.4) is 0 Å². The molecular weight excluding hydrogens is 170 g/mol. The van der Waals surface area contributed by atoms with Crippen molar-refractivity contribution in [2.45, 2.75) is 19.8 Å². The Morgan fingerprint density at radius 3 is 2.69 bits per heavy atom. The highest BCUT2D eigenvalue weighted by Gasteiger charge is 1.95. The van der Waals surface area contributed by atoms with Gasteiger partial charge in [-0.3, -0.25) is 4.79 Å².